The molecule has 30 heavy (non-hydrogen) atoms. The van der Waals surface area contributed by atoms with Gasteiger partial charge in [-0.3, -0.25) is 9.59 Å². The molecule has 4 rings (SSSR count). The van der Waals surface area contributed by atoms with E-state index in [2.05, 4.69) is 20.7 Å². The molecule has 1 fully saturated rings. The average Bonchev–Trinajstić information content (AvgIpc) is 3.55. The van der Waals surface area contributed by atoms with Crippen LogP contribution in [-0.4, -0.2) is 26.6 Å². The molecule has 0 spiro atoms. The predicted molar refractivity (Wildman–Crippen MR) is 116 cm³/mol. The SMILES string of the molecule is Cc1nn(-c2ccccc2)c(C)c1/C=C/C(=O)Nc1ccc(NC(=O)C2CC2)nc1. The molecule has 0 radical (unpaired) electrons. The molecule has 2 heterocycles. The molecule has 0 aliphatic heterocycles. The normalized spacial score (nSPS) is 13.4. The number of benzene rings is 1. The van der Waals surface area contributed by atoms with E-state index in [1.165, 1.54) is 12.3 Å². The average molecular weight is 401 g/mol. The van der Waals surface area contributed by atoms with Crippen molar-refractivity contribution in [2.75, 3.05) is 10.6 Å². The second-order valence-corrected chi connectivity index (χ2v) is 7.35. The van der Waals surface area contributed by atoms with Crippen LogP contribution in [0.5, 0.6) is 0 Å². The van der Waals surface area contributed by atoms with Gasteiger partial charge in [-0.2, -0.15) is 5.10 Å². The van der Waals surface area contributed by atoms with Crippen LogP contribution in [0, 0.1) is 19.8 Å². The molecular weight excluding hydrogens is 378 g/mol. The van der Waals surface area contributed by atoms with Crippen molar-refractivity contribution in [3.8, 4) is 5.69 Å². The van der Waals surface area contributed by atoms with Gasteiger partial charge >= 0.3 is 0 Å². The minimum absolute atomic E-state index is 0.00371. The van der Waals surface area contributed by atoms with Gasteiger partial charge in [-0.05, 0) is 57.0 Å². The van der Waals surface area contributed by atoms with Crippen molar-refractivity contribution in [1.82, 2.24) is 14.8 Å². The lowest BCUT2D eigenvalue weighted by atomic mass is 10.2. The third-order valence-corrected chi connectivity index (χ3v) is 4.98. The highest BCUT2D eigenvalue weighted by molar-refractivity contribution is 6.02. The van der Waals surface area contributed by atoms with Gasteiger partial charge in [0, 0.05) is 23.3 Å². The molecule has 7 nitrogen and oxygen atoms in total. The smallest absolute Gasteiger partial charge is 0.248 e. The summed E-state index contributed by atoms with van der Waals surface area (Å²) in [5.74, 6) is 0.344. The summed E-state index contributed by atoms with van der Waals surface area (Å²) in [5.41, 5.74) is 4.24. The quantitative estimate of drug-likeness (QED) is 0.614. The van der Waals surface area contributed by atoms with Gasteiger partial charge in [0.1, 0.15) is 5.82 Å². The molecule has 0 atom stereocenters. The van der Waals surface area contributed by atoms with Crippen LogP contribution in [0.3, 0.4) is 0 Å². The second-order valence-electron chi connectivity index (χ2n) is 7.35. The van der Waals surface area contributed by atoms with Crippen molar-refractivity contribution in [2.45, 2.75) is 26.7 Å². The molecule has 1 saturated carbocycles. The van der Waals surface area contributed by atoms with E-state index in [1.807, 2.05) is 48.9 Å². The fraction of sp³-hybridized carbons (Fsp3) is 0.217. The van der Waals surface area contributed by atoms with Crippen molar-refractivity contribution in [2.24, 2.45) is 5.92 Å². The zero-order valence-corrected chi connectivity index (χ0v) is 16.9. The molecular formula is C23H23N5O2. The van der Waals surface area contributed by atoms with E-state index in [4.69, 9.17) is 0 Å². The molecule has 0 saturated heterocycles. The molecule has 2 amide bonds. The maximum atomic E-state index is 12.3. The first-order valence-corrected chi connectivity index (χ1v) is 9.89. The predicted octanol–water partition coefficient (Wildman–Crippen LogP) is 3.88. The number of aryl methyl sites for hydroxylation is 1. The van der Waals surface area contributed by atoms with Crippen molar-refractivity contribution in [3.63, 3.8) is 0 Å². The van der Waals surface area contributed by atoms with Crippen LogP contribution >= 0.6 is 0 Å². The Morgan fingerprint density at radius 3 is 2.50 bits per heavy atom. The Morgan fingerprint density at radius 1 is 1.07 bits per heavy atom. The molecule has 1 aliphatic rings. The first kappa shape index (κ1) is 19.6. The zero-order chi connectivity index (χ0) is 21.1. The van der Waals surface area contributed by atoms with Gasteiger partial charge in [0.05, 0.1) is 23.3 Å². The fourth-order valence-corrected chi connectivity index (χ4v) is 3.18. The summed E-state index contributed by atoms with van der Waals surface area (Å²) < 4.78 is 1.87. The van der Waals surface area contributed by atoms with Crippen LogP contribution in [0.15, 0.2) is 54.7 Å². The fourth-order valence-electron chi connectivity index (χ4n) is 3.18. The van der Waals surface area contributed by atoms with E-state index < -0.39 is 0 Å². The Balaban J connectivity index is 1.40. The standard InChI is InChI=1S/C23H23N5O2/c1-15-20(16(2)28(27-15)19-6-4-3-5-7-19)11-13-22(29)25-18-10-12-21(24-14-18)26-23(30)17-8-9-17/h3-7,10-14,17H,8-9H2,1-2H3,(H,25,29)(H,24,26,30)/b13-11+. The van der Waals surface area contributed by atoms with Gasteiger partial charge in [-0.25, -0.2) is 9.67 Å². The van der Waals surface area contributed by atoms with Crippen molar-refractivity contribution >= 4 is 29.4 Å². The summed E-state index contributed by atoms with van der Waals surface area (Å²) >= 11 is 0. The van der Waals surface area contributed by atoms with E-state index in [9.17, 15) is 9.59 Å². The van der Waals surface area contributed by atoms with Crippen molar-refractivity contribution in [3.05, 3.63) is 71.7 Å². The molecule has 0 bridgehead atoms. The topological polar surface area (TPSA) is 88.9 Å². The van der Waals surface area contributed by atoms with Gasteiger partial charge in [-0.1, -0.05) is 18.2 Å². The van der Waals surface area contributed by atoms with Crippen LogP contribution in [-0.2, 0) is 9.59 Å². The van der Waals surface area contributed by atoms with Gasteiger partial charge in [0.25, 0.3) is 0 Å². The van der Waals surface area contributed by atoms with Gasteiger partial charge in [0.15, 0.2) is 0 Å². The van der Waals surface area contributed by atoms with Gasteiger partial charge < -0.3 is 10.6 Å². The third-order valence-electron chi connectivity index (χ3n) is 4.98. The summed E-state index contributed by atoms with van der Waals surface area (Å²) in [7, 11) is 0. The van der Waals surface area contributed by atoms with E-state index >= 15 is 0 Å². The summed E-state index contributed by atoms with van der Waals surface area (Å²) in [4.78, 5) is 28.3. The van der Waals surface area contributed by atoms with E-state index in [1.54, 1.807) is 18.2 Å². The molecule has 1 aliphatic carbocycles. The number of para-hydroxylation sites is 1. The van der Waals surface area contributed by atoms with Crippen LogP contribution in [0.2, 0.25) is 0 Å². The number of aromatic nitrogens is 3. The number of amides is 2. The summed E-state index contributed by atoms with van der Waals surface area (Å²) in [6, 6.07) is 13.3. The number of carbonyl (C=O) groups is 2. The first-order chi connectivity index (χ1) is 14.5. The second kappa shape index (κ2) is 8.32. The number of anilines is 2. The Bertz CT molecular complexity index is 1100. The van der Waals surface area contributed by atoms with E-state index in [0.29, 0.717) is 11.5 Å². The maximum Gasteiger partial charge on any atom is 0.248 e. The Hall–Kier alpha value is -3.74. The Kier molecular flexibility index (Phi) is 5.43. The minimum Gasteiger partial charge on any atom is -0.321 e. The summed E-state index contributed by atoms with van der Waals surface area (Å²) in [6.45, 7) is 3.89. The maximum absolute atomic E-state index is 12.3. The van der Waals surface area contributed by atoms with E-state index in [-0.39, 0.29) is 17.7 Å². The minimum atomic E-state index is -0.266. The molecule has 152 valence electrons. The molecule has 2 aromatic heterocycles. The molecule has 3 aromatic rings. The lowest BCUT2D eigenvalue weighted by molar-refractivity contribution is -0.117. The number of nitrogens with one attached hydrogen (secondary N) is 2. The van der Waals surface area contributed by atoms with Gasteiger partial charge in [0.2, 0.25) is 11.8 Å². The Labute approximate surface area is 174 Å². The molecule has 1 aromatic carbocycles. The van der Waals surface area contributed by atoms with Crippen LogP contribution in [0.25, 0.3) is 11.8 Å². The summed E-state index contributed by atoms with van der Waals surface area (Å²) in [6.07, 6.45) is 6.66. The third kappa shape index (κ3) is 4.46. The first-order valence-electron chi connectivity index (χ1n) is 9.89. The van der Waals surface area contributed by atoms with Gasteiger partial charge in [-0.15, -0.1) is 0 Å². The molecule has 0 unspecified atom stereocenters. The Morgan fingerprint density at radius 2 is 1.83 bits per heavy atom. The number of carbonyl (C=O) groups excluding carboxylic acids is 2. The lowest BCUT2D eigenvalue weighted by Crippen LogP contribution is -2.14. The largest absolute Gasteiger partial charge is 0.321 e. The molecule has 7 heteroatoms. The summed E-state index contributed by atoms with van der Waals surface area (Å²) in [5, 5.41) is 10.1. The van der Waals surface area contributed by atoms with Crippen LogP contribution in [0.1, 0.15) is 29.8 Å². The zero-order valence-electron chi connectivity index (χ0n) is 16.9. The highest BCUT2D eigenvalue weighted by Crippen LogP contribution is 2.30. The number of nitrogens with zero attached hydrogens (tertiary/aromatic N) is 3. The number of rotatable bonds is 6. The van der Waals surface area contributed by atoms with Crippen LogP contribution < -0.4 is 10.6 Å². The number of hydrogen-bond donors (Lipinski definition) is 2. The van der Waals surface area contributed by atoms with Crippen LogP contribution in [0.4, 0.5) is 11.5 Å². The van der Waals surface area contributed by atoms with E-state index in [0.717, 1.165) is 35.5 Å². The highest BCUT2D eigenvalue weighted by atomic mass is 16.2. The monoisotopic (exact) mass is 401 g/mol. The highest BCUT2D eigenvalue weighted by Gasteiger charge is 2.29. The van der Waals surface area contributed by atoms with Crippen molar-refractivity contribution < 1.29 is 9.59 Å². The van der Waals surface area contributed by atoms with Crippen molar-refractivity contribution in [1.29, 1.82) is 0 Å². The number of pyridine rings is 1. The lowest BCUT2D eigenvalue weighted by Gasteiger charge is -2.05. The molecule has 2 N–H and O–H groups in total. The number of hydrogen-bond acceptors (Lipinski definition) is 4.